The van der Waals surface area contributed by atoms with Crippen LogP contribution in [0.15, 0.2) is 48.5 Å². The summed E-state index contributed by atoms with van der Waals surface area (Å²) in [5.74, 6) is -0.492. The largest absolute Gasteiger partial charge is 0.323 e. The second-order valence-corrected chi connectivity index (χ2v) is 5.74. The number of carbonyl (C=O) groups excluding carboxylic acids is 1. The summed E-state index contributed by atoms with van der Waals surface area (Å²) < 4.78 is 13.9. The molecule has 1 N–H and O–H groups in total. The van der Waals surface area contributed by atoms with Crippen molar-refractivity contribution in [1.29, 1.82) is 0 Å². The van der Waals surface area contributed by atoms with Crippen LogP contribution in [0.3, 0.4) is 0 Å². The molecule has 0 aromatic heterocycles. The Labute approximate surface area is 124 Å². The summed E-state index contributed by atoms with van der Waals surface area (Å²) in [6.45, 7) is 1.83. The van der Waals surface area contributed by atoms with Crippen LogP contribution in [-0.2, 0) is 10.2 Å². The molecule has 0 aliphatic heterocycles. The first-order valence-corrected chi connectivity index (χ1v) is 7.25. The van der Waals surface area contributed by atoms with Gasteiger partial charge in [0.05, 0.1) is 11.1 Å². The predicted molar refractivity (Wildman–Crippen MR) is 81.7 cm³/mol. The molecular formula is C18H18FNO. The lowest BCUT2D eigenvalue weighted by molar-refractivity contribution is -0.124. The van der Waals surface area contributed by atoms with E-state index in [1.807, 2.05) is 37.3 Å². The Morgan fingerprint density at radius 3 is 2.43 bits per heavy atom. The third-order valence-corrected chi connectivity index (χ3v) is 4.34. The van der Waals surface area contributed by atoms with Crippen molar-refractivity contribution in [1.82, 2.24) is 0 Å². The molecule has 0 radical (unpaired) electrons. The summed E-state index contributed by atoms with van der Waals surface area (Å²) in [4.78, 5) is 12.7. The van der Waals surface area contributed by atoms with Crippen molar-refractivity contribution in [2.24, 2.45) is 0 Å². The van der Waals surface area contributed by atoms with Crippen molar-refractivity contribution < 1.29 is 9.18 Å². The molecule has 2 aromatic rings. The fourth-order valence-electron chi connectivity index (χ4n) is 2.90. The smallest absolute Gasteiger partial charge is 0.235 e. The Bertz CT molecular complexity index is 662. The second kappa shape index (κ2) is 5.32. The molecule has 0 atom stereocenters. The number of rotatable bonds is 3. The Hall–Kier alpha value is -2.16. The van der Waals surface area contributed by atoms with Gasteiger partial charge in [-0.25, -0.2) is 4.39 Å². The van der Waals surface area contributed by atoms with Gasteiger partial charge in [0.25, 0.3) is 0 Å². The molecular weight excluding hydrogens is 265 g/mol. The van der Waals surface area contributed by atoms with Gasteiger partial charge in [-0.15, -0.1) is 0 Å². The Morgan fingerprint density at radius 2 is 1.86 bits per heavy atom. The zero-order valence-corrected chi connectivity index (χ0v) is 12.0. The highest BCUT2D eigenvalue weighted by molar-refractivity contribution is 6.00. The van der Waals surface area contributed by atoms with Crippen LogP contribution in [0.2, 0.25) is 0 Å². The monoisotopic (exact) mass is 283 g/mol. The molecule has 1 amide bonds. The summed E-state index contributed by atoms with van der Waals surface area (Å²) in [7, 11) is 0. The molecule has 21 heavy (non-hydrogen) atoms. The van der Waals surface area contributed by atoms with E-state index in [4.69, 9.17) is 0 Å². The van der Waals surface area contributed by atoms with E-state index in [9.17, 15) is 9.18 Å². The van der Waals surface area contributed by atoms with Gasteiger partial charge in [0.15, 0.2) is 0 Å². The first-order chi connectivity index (χ1) is 10.1. The molecule has 3 rings (SSSR count). The minimum atomic E-state index is -0.501. The number of anilines is 1. The number of hydrogen-bond acceptors (Lipinski definition) is 1. The lowest BCUT2D eigenvalue weighted by Crippen LogP contribution is -2.46. The number of carbonyl (C=O) groups is 1. The first-order valence-electron chi connectivity index (χ1n) is 7.25. The zero-order valence-electron chi connectivity index (χ0n) is 12.0. The summed E-state index contributed by atoms with van der Waals surface area (Å²) in [5, 5.41) is 2.76. The molecule has 3 heteroatoms. The van der Waals surface area contributed by atoms with E-state index >= 15 is 0 Å². The molecule has 1 saturated carbocycles. The second-order valence-electron chi connectivity index (χ2n) is 5.74. The van der Waals surface area contributed by atoms with Gasteiger partial charge in [0, 0.05) is 0 Å². The molecule has 2 aromatic carbocycles. The van der Waals surface area contributed by atoms with Crippen molar-refractivity contribution in [2.45, 2.75) is 31.6 Å². The van der Waals surface area contributed by atoms with Crippen LogP contribution < -0.4 is 5.32 Å². The van der Waals surface area contributed by atoms with Crippen LogP contribution in [0.1, 0.15) is 30.4 Å². The van der Waals surface area contributed by atoms with Crippen LogP contribution in [0.4, 0.5) is 10.1 Å². The van der Waals surface area contributed by atoms with Gasteiger partial charge in [-0.3, -0.25) is 4.79 Å². The first kappa shape index (κ1) is 13.8. The van der Waals surface area contributed by atoms with E-state index in [1.165, 1.54) is 6.07 Å². The van der Waals surface area contributed by atoms with Gasteiger partial charge in [-0.1, -0.05) is 42.8 Å². The van der Waals surface area contributed by atoms with E-state index in [1.54, 1.807) is 12.1 Å². The van der Waals surface area contributed by atoms with Crippen molar-refractivity contribution in [3.63, 3.8) is 0 Å². The van der Waals surface area contributed by atoms with E-state index in [2.05, 4.69) is 5.32 Å². The van der Waals surface area contributed by atoms with Gasteiger partial charge >= 0.3 is 0 Å². The van der Waals surface area contributed by atoms with Crippen molar-refractivity contribution in [3.8, 4) is 0 Å². The summed E-state index contributed by atoms with van der Waals surface area (Å²) in [6, 6.07) is 14.6. The van der Waals surface area contributed by atoms with Crippen LogP contribution in [0, 0.1) is 12.7 Å². The highest BCUT2D eigenvalue weighted by atomic mass is 19.1. The number of benzene rings is 2. The molecule has 0 saturated heterocycles. The molecule has 0 spiro atoms. The van der Waals surface area contributed by atoms with Crippen molar-refractivity contribution in [2.75, 3.05) is 5.32 Å². The minimum Gasteiger partial charge on any atom is -0.323 e. The van der Waals surface area contributed by atoms with Gasteiger partial charge in [0.1, 0.15) is 5.82 Å². The average molecular weight is 283 g/mol. The predicted octanol–water partition coefficient (Wildman–Crippen LogP) is 4.19. The van der Waals surface area contributed by atoms with Crippen LogP contribution in [0.5, 0.6) is 0 Å². The topological polar surface area (TPSA) is 29.1 Å². The maximum atomic E-state index is 13.9. The van der Waals surface area contributed by atoms with Crippen molar-refractivity contribution in [3.05, 3.63) is 65.5 Å². The van der Waals surface area contributed by atoms with E-state index in [0.29, 0.717) is 0 Å². The Balaban J connectivity index is 1.87. The third-order valence-electron chi connectivity index (χ3n) is 4.34. The molecule has 108 valence electrons. The van der Waals surface area contributed by atoms with Gasteiger partial charge in [-0.05, 0) is 43.0 Å². The van der Waals surface area contributed by atoms with Crippen LogP contribution in [0.25, 0.3) is 0 Å². The summed E-state index contributed by atoms with van der Waals surface area (Å²) in [6.07, 6.45) is 2.66. The van der Waals surface area contributed by atoms with E-state index in [0.717, 1.165) is 30.4 Å². The number of amides is 1. The van der Waals surface area contributed by atoms with E-state index in [-0.39, 0.29) is 17.4 Å². The Kier molecular flexibility index (Phi) is 3.50. The average Bonchev–Trinajstić information content (AvgIpc) is 2.42. The van der Waals surface area contributed by atoms with Crippen LogP contribution in [-0.4, -0.2) is 5.91 Å². The molecule has 2 nitrogen and oxygen atoms in total. The fraction of sp³-hybridized carbons (Fsp3) is 0.278. The fourth-order valence-corrected chi connectivity index (χ4v) is 2.90. The molecule has 0 unspecified atom stereocenters. The normalized spacial score (nSPS) is 16.1. The number of aryl methyl sites for hydroxylation is 1. The molecule has 0 bridgehead atoms. The van der Waals surface area contributed by atoms with E-state index < -0.39 is 5.41 Å². The number of halogens is 1. The van der Waals surface area contributed by atoms with Gasteiger partial charge < -0.3 is 5.32 Å². The maximum absolute atomic E-state index is 13.9. The van der Waals surface area contributed by atoms with Gasteiger partial charge in [0.2, 0.25) is 5.91 Å². The molecule has 1 fully saturated rings. The highest BCUT2D eigenvalue weighted by Crippen LogP contribution is 2.44. The lowest BCUT2D eigenvalue weighted by Gasteiger charge is -2.40. The standard InChI is InChI=1S/C18H18FNO/c1-13-8-9-16(15(19)12-13)20-17(21)18(10-5-11-18)14-6-3-2-4-7-14/h2-4,6-9,12H,5,10-11H2,1H3,(H,20,21). The van der Waals surface area contributed by atoms with Crippen LogP contribution >= 0.6 is 0 Å². The quantitative estimate of drug-likeness (QED) is 0.899. The number of nitrogens with one attached hydrogen (secondary N) is 1. The Morgan fingerprint density at radius 1 is 1.14 bits per heavy atom. The minimum absolute atomic E-state index is 0.109. The van der Waals surface area contributed by atoms with Crippen molar-refractivity contribution >= 4 is 11.6 Å². The summed E-state index contributed by atoms with van der Waals surface area (Å²) in [5.41, 5.74) is 1.61. The number of hydrogen-bond donors (Lipinski definition) is 1. The van der Waals surface area contributed by atoms with Gasteiger partial charge in [-0.2, -0.15) is 0 Å². The molecule has 1 aliphatic carbocycles. The molecule has 0 heterocycles. The highest BCUT2D eigenvalue weighted by Gasteiger charge is 2.45. The third kappa shape index (κ3) is 2.44. The molecule has 1 aliphatic rings. The summed E-state index contributed by atoms with van der Waals surface area (Å²) >= 11 is 0. The SMILES string of the molecule is Cc1ccc(NC(=O)C2(c3ccccc3)CCC2)c(F)c1. The zero-order chi connectivity index (χ0) is 14.9. The lowest BCUT2D eigenvalue weighted by atomic mass is 9.64. The maximum Gasteiger partial charge on any atom is 0.235 e.